The number of benzene rings is 2. The van der Waals surface area contributed by atoms with Crippen molar-refractivity contribution in [2.45, 2.75) is 13.2 Å². The molecule has 27 heavy (non-hydrogen) atoms. The molecule has 6 heteroatoms. The summed E-state index contributed by atoms with van der Waals surface area (Å²) in [5.74, 6) is 2.53. The molecule has 146 valence electrons. The van der Waals surface area contributed by atoms with Crippen LogP contribution in [-0.4, -0.2) is 52.3 Å². The van der Waals surface area contributed by atoms with Gasteiger partial charge in [0.25, 0.3) is 0 Å². The van der Waals surface area contributed by atoms with Crippen LogP contribution >= 0.6 is 0 Å². The fraction of sp³-hybridized carbons (Fsp3) is 0.381. The number of hydrogen-bond donors (Lipinski definition) is 1. The van der Waals surface area contributed by atoms with Crippen molar-refractivity contribution in [3.8, 4) is 11.5 Å². The molecule has 0 saturated heterocycles. The van der Waals surface area contributed by atoms with Crippen LogP contribution in [0.4, 0.5) is 0 Å². The second-order valence-electron chi connectivity index (χ2n) is 6.01. The predicted molar refractivity (Wildman–Crippen MR) is 108 cm³/mol. The molecule has 0 spiro atoms. The van der Waals surface area contributed by atoms with Gasteiger partial charge in [0, 0.05) is 38.3 Å². The molecule has 0 bridgehead atoms. The molecule has 6 nitrogen and oxygen atoms in total. The van der Waals surface area contributed by atoms with Crippen LogP contribution in [0, 0.1) is 0 Å². The molecule has 0 saturated carbocycles. The number of rotatable bonds is 9. The van der Waals surface area contributed by atoms with Crippen LogP contribution in [0.1, 0.15) is 11.1 Å². The second kappa shape index (κ2) is 11.1. The van der Waals surface area contributed by atoms with Crippen molar-refractivity contribution < 1.29 is 14.2 Å². The Morgan fingerprint density at radius 3 is 2.19 bits per heavy atom. The molecule has 0 radical (unpaired) electrons. The van der Waals surface area contributed by atoms with Gasteiger partial charge in [0.15, 0.2) is 5.96 Å². The Hall–Kier alpha value is -2.73. The van der Waals surface area contributed by atoms with Gasteiger partial charge in [-0.15, -0.1) is 0 Å². The summed E-state index contributed by atoms with van der Waals surface area (Å²) in [4.78, 5) is 6.39. The highest BCUT2D eigenvalue weighted by Crippen LogP contribution is 2.19. The third-order valence-electron chi connectivity index (χ3n) is 4.15. The van der Waals surface area contributed by atoms with E-state index in [1.807, 2.05) is 49.5 Å². The Morgan fingerprint density at radius 2 is 1.56 bits per heavy atom. The van der Waals surface area contributed by atoms with E-state index in [1.165, 1.54) is 0 Å². The Balaban J connectivity index is 1.78. The van der Waals surface area contributed by atoms with Crippen LogP contribution in [-0.2, 0) is 17.9 Å². The normalized spacial score (nSPS) is 11.2. The van der Waals surface area contributed by atoms with Crippen molar-refractivity contribution in [1.82, 2.24) is 10.2 Å². The molecular formula is C21H29N3O3. The maximum absolute atomic E-state index is 5.76. The predicted octanol–water partition coefficient (Wildman–Crippen LogP) is 2.93. The van der Waals surface area contributed by atoms with E-state index in [9.17, 15) is 0 Å². The van der Waals surface area contributed by atoms with Crippen molar-refractivity contribution in [1.29, 1.82) is 0 Å². The number of para-hydroxylation sites is 2. The minimum Gasteiger partial charge on any atom is -0.496 e. The molecule has 2 rings (SSSR count). The van der Waals surface area contributed by atoms with Gasteiger partial charge in [0.1, 0.15) is 11.5 Å². The van der Waals surface area contributed by atoms with Crippen molar-refractivity contribution in [2.75, 3.05) is 41.5 Å². The van der Waals surface area contributed by atoms with Gasteiger partial charge in [-0.05, 0) is 12.1 Å². The highest BCUT2D eigenvalue weighted by atomic mass is 16.5. The molecule has 0 fully saturated rings. The number of guanidine groups is 1. The molecule has 0 aliphatic carbocycles. The molecule has 0 amide bonds. The molecule has 0 aliphatic heterocycles. The summed E-state index contributed by atoms with van der Waals surface area (Å²) in [5, 5.41) is 3.32. The maximum Gasteiger partial charge on any atom is 0.193 e. The van der Waals surface area contributed by atoms with Gasteiger partial charge in [0.2, 0.25) is 0 Å². The monoisotopic (exact) mass is 371 g/mol. The Morgan fingerprint density at radius 1 is 0.963 bits per heavy atom. The van der Waals surface area contributed by atoms with Crippen molar-refractivity contribution in [3.63, 3.8) is 0 Å². The van der Waals surface area contributed by atoms with Crippen LogP contribution < -0.4 is 14.8 Å². The van der Waals surface area contributed by atoms with Crippen molar-refractivity contribution >= 4 is 5.96 Å². The average molecular weight is 371 g/mol. The Labute approximate surface area is 161 Å². The Kier molecular flexibility index (Phi) is 8.45. The maximum atomic E-state index is 5.76. The number of aliphatic imine (C=N–C) groups is 1. The molecular weight excluding hydrogens is 342 g/mol. The summed E-state index contributed by atoms with van der Waals surface area (Å²) in [7, 11) is 7.13. The highest BCUT2D eigenvalue weighted by molar-refractivity contribution is 5.79. The van der Waals surface area contributed by atoms with E-state index in [1.54, 1.807) is 21.3 Å². The van der Waals surface area contributed by atoms with Crippen LogP contribution in [0.5, 0.6) is 11.5 Å². The molecule has 0 aromatic heterocycles. The minimum absolute atomic E-state index is 0.515. The zero-order valence-electron chi connectivity index (χ0n) is 16.6. The molecule has 0 atom stereocenters. The van der Waals surface area contributed by atoms with Crippen molar-refractivity contribution in [2.24, 2.45) is 4.99 Å². The lowest BCUT2D eigenvalue weighted by Gasteiger charge is -2.23. The van der Waals surface area contributed by atoms with E-state index in [2.05, 4.69) is 21.3 Å². The number of methoxy groups -OCH3 is 2. The van der Waals surface area contributed by atoms with E-state index < -0.39 is 0 Å². The number of ether oxygens (including phenoxy) is 3. The molecule has 1 N–H and O–H groups in total. The van der Waals surface area contributed by atoms with Crippen LogP contribution in [0.15, 0.2) is 53.5 Å². The third-order valence-corrected chi connectivity index (χ3v) is 4.15. The lowest BCUT2D eigenvalue weighted by atomic mass is 10.2. The SMILES string of the molecule is CN=C(NCCOCc1ccccc1OC)N(C)Cc1ccccc1OC. The number of nitrogens with one attached hydrogen (secondary N) is 1. The van der Waals surface area contributed by atoms with Gasteiger partial charge in [-0.2, -0.15) is 0 Å². The topological polar surface area (TPSA) is 55.3 Å². The van der Waals surface area contributed by atoms with Crippen LogP contribution in [0.3, 0.4) is 0 Å². The zero-order chi connectivity index (χ0) is 19.5. The van der Waals surface area contributed by atoms with Gasteiger partial charge in [-0.1, -0.05) is 36.4 Å². The van der Waals surface area contributed by atoms with E-state index in [0.29, 0.717) is 26.3 Å². The summed E-state index contributed by atoms with van der Waals surface area (Å²) >= 11 is 0. The fourth-order valence-corrected chi connectivity index (χ4v) is 2.79. The molecule has 0 unspecified atom stereocenters. The first kappa shape index (κ1) is 20.6. The minimum atomic E-state index is 0.515. The lowest BCUT2D eigenvalue weighted by molar-refractivity contribution is 0.123. The molecule has 2 aromatic rings. The van der Waals surface area contributed by atoms with Gasteiger partial charge in [0.05, 0.1) is 27.4 Å². The van der Waals surface area contributed by atoms with Gasteiger partial charge in [-0.3, -0.25) is 4.99 Å². The average Bonchev–Trinajstić information content (AvgIpc) is 2.71. The van der Waals surface area contributed by atoms with Crippen LogP contribution in [0.2, 0.25) is 0 Å². The third kappa shape index (κ3) is 6.18. The standard InChI is InChI=1S/C21H29N3O3/c1-22-21(24(2)15-17-9-5-7-11-19(17)25-3)23-13-14-27-16-18-10-6-8-12-20(18)26-4/h5-12H,13-16H2,1-4H3,(H,22,23). The van der Waals surface area contributed by atoms with E-state index >= 15 is 0 Å². The van der Waals surface area contributed by atoms with Gasteiger partial charge in [-0.25, -0.2) is 0 Å². The van der Waals surface area contributed by atoms with Crippen LogP contribution in [0.25, 0.3) is 0 Å². The zero-order valence-corrected chi connectivity index (χ0v) is 16.6. The largest absolute Gasteiger partial charge is 0.496 e. The van der Waals surface area contributed by atoms with Gasteiger partial charge < -0.3 is 24.4 Å². The smallest absolute Gasteiger partial charge is 0.193 e. The first-order valence-electron chi connectivity index (χ1n) is 8.93. The summed E-state index contributed by atoms with van der Waals surface area (Å²) in [6.07, 6.45) is 0. The van der Waals surface area contributed by atoms with Crippen molar-refractivity contribution in [3.05, 3.63) is 59.7 Å². The summed E-state index contributed by atoms with van der Waals surface area (Å²) in [6.45, 7) is 2.45. The molecule has 0 heterocycles. The molecule has 0 aliphatic rings. The van der Waals surface area contributed by atoms with E-state index in [-0.39, 0.29) is 0 Å². The highest BCUT2D eigenvalue weighted by Gasteiger charge is 2.09. The molecule has 2 aromatic carbocycles. The summed E-state index contributed by atoms with van der Waals surface area (Å²) in [5.41, 5.74) is 2.15. The number of hydrogen-bond acceptors (Lipinski definition) is 4. The van der Waals surface area contributed by atoms with E-state index in [4.69, 9.17) is 14.2 Å². The lowest BCUT2D eigenvalue weighted by Crippen LogP contribution is -2.40. The van der Waals surface area contributed by atoms with Gasteiger partial charge >= 0.3 is 0 Å². The first-order chi connectivity index (χ1) is 13.2. The summed E-state index contributed by atoms with van der Waals surface area (Å²) < 4.78 is 16.5. The quantitative estimate of drug-likeness (QED) is 0.417. The number of nitrogens with zero attached hydrogens (tertiary/aromatic N) is 2. The second-order valence-corrected chi connectivity index (χ2v) is 6.01. The Bertz CT molecular complexity index is 734. The van der Waals surface area contributed by atoms with E-state index in [0.717, 1.165) is 28.6 Å². The summed E-state index contributed by atoms with van der Waals surface area (Å²) in [6, 6.07) is 15.9. The first-order valence-corrected chi connectivity index (χ1v) is 8.93. The fourth-order valence-electron chi connectivity index (χ4n) is 2.79.